The van der Waals surface area contributed by atoms with E-state index < -0.39 is 0 Å². The molecule has 1 fully saturated rings. The van der Waals surface area contributed by atoms with Crippen LogP contribution in [0.1, 0.15) is 44.2 Å². The van der Waals surface area contributed by atoms with Crippen molar-refractivity contribution in [2.24, 2.45) is 5.92 Å². The van der Waals surface area contributed by atoms with Gasteiger partial charge in [0, 0.05) is 29.6 Å². The van der Waals surface area contributed by atoms with E-state index in [2.05, 4.69) is 37.4 Å². The van der Waals surface area contributed by atoms with Crippen molar-refractivity contribution in [1.29, 1.82) is 0 Å². The van der Waals surface area contributed by atoms with Crippen LogP contribution in [-0.2, 0) is 16.7 Å². The maximum Gasteiger partial charge on any atom is 0.132 e. The number of nitrogens with two attached hydrogens (primary N) is 1. The Morgan fingerprint density at radius 2 is 1.93 bits per heavy atom. The summed E-state index contributed by atoms with van der Waals surface area (Å²) in [5.41, 5.74) is 2.08. The van der Waals surface area contributed by atoms with Crippen molar-refractivity contribution in [2.45, 2.75) is 51.2 Å². The molecule has 0 radical (unpaired) electrons. The van der Waals surface area contributed by atoms with E-state index in [1.807, 2.05) is 18.2 Å². The van der Waals surface area contributed by atoms with Crippen LogP contribution in [0.5, 0.6) is 5.75 Å². The molecule has 0 unspecified atom stereocenters. The fourth-order valence-electron chi connectivity index (χ4n) is 4.37. The van der Waals surface area contributed by atoms with Crippen molar-refractivity contribution >= 4 is 0 Å². The lowest BCUT2D eigenvalue weighted by Gasteiger charge is -2.43. The molecule has 0 amide bonds. The number of halogens is 1. The molecule has 0 spiro atoms. The number of hydrogen-bond donors (Lipinski definition) is 1. The van der Waals surface area contributed by atoms with Crippen LogP contribution in [0.15, 0.2) is 48.5 Å². The number of benzene rings is 2. The third kappa shape index (κ3) is 4.73. The van der Waals surface area contributed by atoms with E-state index in [-0.39, 0.29) is 17.3 Å². The molecule has 1 saturated heterocycles. The first-order valence-electron chi connectivity index (χ1n) is 10.4. The Kier molecular flexibility index (Phi) is 7.08. The minimum Gasteiger partial charge on any atom is -0.496 e. The number of para-hydroxylation sites is 1. The molecule has 2 aromatic rings. The highest BCUT2D eigenvalue weighted by Gasteiger charge is 2.41. The summed E-state index contributed by atoms with van der Waals surface area (Å²) in [6.45, 7) is 6.84. The van der Waals surface area contributed by atoms with Crippen LogP contribution in [-0.4, -0.2) is 26.4 Å². The van der Waals surface area contributed by atoms with Gasteiger partial charge in [0.1, 0.15) is 18.1 Å². The lowest BCUT2D eigenvalue weighted by atomic mass is 9.68. The van der Waals surface area contributed by atoms with Crippen LogP contribution < -0.4 is 10.1 Å². The fourth-order valence-corrected chi connectivity index (χ4v) is 4.37. The van der Waals surface area contributed by atoms with Crippen LogP contribution in [0.3, 0.4) is 0 Å². The molecule has 3 nitrogen and oxygen atoms in total. The Labute approximate surface area is 168 Å². The molecule has 2 atom stereocenters. The van der Waals surface area contributed by atoms with E-state index in [1.54, 1.807) is 13.2 Å². The number of rotatable bonds is 8. The molecule has 152 valence electrons. The summed E-state index contributed by atoms with van der Waals surface area (Å²) in [6, 6.07) is 15.4. The first-order chi connectivity index (χ1) is 13.6. The Bertz CT molecular complexity index is 764. The van der Waals surface area contributed by atoms with Crippen LogP contribution in [0.4, 0.5) is 4.39 Å². The molecule has 1 aliphatic heterocycles. The highest BCUT2D eigenvalue weighted by atomic mass is 19.1. The first kappa shape index (κ1) is 20.8. The van der Waals surface area contributed by atoms with Gasteiger partial charge in [0.15, 0.2) is 0 Å². The van der Waals surface area contributed by atoms with Gasteiger partial charge in [-0.25, -0.2) is 4.39 Å². The molecule has 0 aromatic heterocycles. The lowest BCUT2D eigenvalue weighted by Crippen LogP contribution is -2.83. The maximum atomic E-state index is 13.9. The van der Waals surface area contributed by atoms with Crippen molar-refractivity contribution in [2.75, 3.05) is 20.3 Å². The van der Waals surface area contributed by atoms with Crippen molar-refractivity contribution in [1.82, 2.24) is 0 Å². The van der Waals surface area contributed by atoms with Gasteiger partial charge in [-0.05, 0) is 30.9 Å². The molecule has 4 heteroatoms. The van der Waals surface area contributed by atoms with E-state index in [0.717, 1.165) is 43.7 Å². The second kappa shape index (κ2) is 9.53. The molecule has 28 heavy (non-hydrogen) atoms. The van der Waals surface area contributed by atoms with Gasteiger partial charge < -0.3 is 14.8 Å². The van der Waals surface area contributed by atoms with E-state index >= 15 is 0 Å². The van der Waals surface area contributed by atoms with Gasteiger partial charge in [0.25, 0.3) is 0 Å². The third-order valence-corrected chi connectivity index (χ3v) is 6.08. The minimum absolute atomic E-state index is 0.0333. The minimum atomic E-state index is -0.121. The Balaban J connectivity index is 1.76. The molecule has 1 heterocycles. The zero-order chi connectivity index (χ0) is 20.0. The van der Waals surface area contributed by atoms with Gasteiger partial charge in [-0.15, -0.1) is 0 Å². The largest absolute Gasteiger partial charge is 0.496 e. The van der Waals surface area contributed by atoms with Crippen molar-refractivity contribution < 1.29 is 19.2 Å². The number of quaternary nitrogens is 1. The number of hydrogen-bond acceptors (Lipinski definition) is 2. The van der Waals surface area contributed by atoms with Crippen LogP contribution >= 0.6 is 0 Å². The highest BCUT2D eigenvalue weighted by molar-refractivity contribution is 5.40. The quantitative estimate of drug-likeness (QED) is 0.695. The topological polar surface area (TPSA) is 35.1 Å². The van der Waals surface area contributed by atoms with Gasteiger partial charge in [0.05, 0.1) is 19.8 Å². The van der Waals surface area contributed by atoms with E-state index in [9.17, 15) is 4.39 Å². The normalized spacial score (nSPS) is 22.4. The summed E-state index contributed by atoms with van der Waals surface area (Å²) in [5.74, 6) is 1.32. The lowest BCUT2D eigenvalue weighted by molar-refractivity contribution is -0.672. The molecule has 1 aliphatic rings. The summed E-state index contributed by atoms with van der Waals surface area (Å²) < 4.78 is 25.7. The number of ether oxygens (including phenoxy) is 2. The van der Waals surface area contributed by atoms with E-state index in [0.29, 0.717) is 12.5 Å². The second-order valence-electron chi connectivity index (χ2n) is 8.21. The first-order valence-corrected chi connectivity index (χ1v) is 10.4. The van der Waals surface area contributed by atoms with Gasteiger partial charge in [0.2, 0.25) is 0 Å². The molecule has 0 aliphatic carbocycles. The van der Waals surface area contributed by atoms with Gasteiger partial charge in [-0.1, -0.05) is 50.2 Å². The monoisotopic (exact) mass is 386 g/mol. The fraction of sp³-hybridized carbons (Fsp3) is 0.500. The van der Waals surface area contributed by atoms with Gasteiger partial charge >= 0.3 is 0 Å². The molecule has 2 aromatic carbocycles. The Morgan fingerprint density at radius 1 is 1.18 bits per heavy atom. The average molecular weight is 387 g/mol. The van der Waals surface area contributed by atoms with Crippen molar-refractivity contribution in [3.05, 3.63) is 65.5 Å². The Hall–Kier alpha value is -1.91. The standard InChI is InChI=1S/C24H32FNO2/c1-18(2)23-16-24(13-15-28-23,20-9-5-7-11-22(20)27-3)12-14-26-17-19-8-4-6-10-21(19)25/h4-11,18,23,26H,12-17H2,1-3H3/p+1/t23-,24-/m1/s1. The summed E-state index contributed by atoms with van der Waals surface area (Å²) in [6.07, 6.45) is 3.27. The summed E-state index contributed by atoms with van der Waals surface area (Å²) in [5, 5.41) is 2.22. The Morgan fingerprint density at radius 3 is 2.68 bits per heavy atom. The van der Waals surface area contributed by atoms with E-state index in [4.69, 9.17) is 9.47 Å². The zero-order valence-electron chi connectivity index (χ0n) is 17.3. The number of methoxy groups -OCH3 is 1. The third-order valence-electron chi connectivity index (χ3n) is 6.08. The van der Waals surface area contributed by atoms with Gasteiger partial charge in [-0.2, -0.15) is 0 Å². The maximum absolute atomic E-state index is 13.9. The molecule has 2 N–H and O–H groups in total. The smallest absolute Gasteiger partial charge is 0.132 e. The van der Waals surface area contributed by atoms with Crippen LogP contribution in [0.25, 0.3) is 0 Å². The molecule has 3 rings (SSSR count). The summed E-state index contributed by atoms with van der Waals surface area (Å²) in [7, 11) is 1.75. The van der Waals surface area contributed by atoms with Gasteiger partial charge in [-0.3, -0.25) is 0 Å². The predicted octanol–water partition coefficient (Wildman–Crippen LogP) is 4.06. The van der Waals surface area contributed by atoms with Crippen LogP contribution in [0.2, 0.25) is 0 Å². The predicted molar refractivity (Wildman–Crippen MR) is 110 cm³/mol. The molecular weight excluding hydrogens is 353 g/mol. The SMILES string of the molecule is COc1ccccc1[C@]1(CC[NH2+]Cc2ccccc2F)CCO[C@@H](C(C)C)C1. The molecular formula is C24H33FNO2+. The van der Waals surface area contributed by atoms with E-state index in [1.165, 1.54) is 11.6 Å². The molecule has 0 saturated carbocycles. The molecule has 0 bridgehead atoms. The van der Waals surface area contributed by atoms with Crippen molar-refractivity contribution in [3.63, 3.8) is 0 Å². The zero-order valence-corrected chi connectivity index (χ0v) is 17.3. The second-order valence-corrected chi connectivity index (χ2v) is 8.21. The highest BCUT2D eigenvalue weighted by Crippen LogP contribution is 2.44. The summed E-state index contributed by atoms with van der Waals surface area (Å²) >= 11 is 0. The van der Waals surface area contributed by atoms with Crippen molar-refractivity contribution in [3.8, 4) is 5.75 Å². The average Bonchev–Trinajstić information content (AvgIpc) is 2.72. The van der Waals surface area contributed by atoms with Crippen LogP contribution in [0, 0.1) is 11.7 Å². The summed E-state index contributed by atoms with van der Waals surface area (Å²) in [4.78, 5) is 0.